The molecule has 1 aromatic heterocycles. The Balaban J connectivity index is 1.99. The van der Waals surface area contributed by atoms with Crippen LogP contribution in [-0.2, 0) is 20.9 Å². The summed E-state index contributed by atoms with van der Waals surface area (Å²) in [6.07, 6.45) is 2.22. The number of aromatic nitrogens is 1. The van der Waals surface area contributed by atoms with E-state index in [1.807, 2.05) is 4.90 Å². The molecule has 1 aliphatic rings. The van der Waals surface area contributed by atoms with Gasteiger partial charge in [0, 0.05) is 37.8 Å². The van der Waals surface area contributed by atoms with Crippen molar-refractivity contribution in [2.24, 2.45) is 0 Å². The van der Waals surface area contributed by atoms with Crippen LogP contribution in [0, 0.1) is 11.6 Å². The molecule has 3 aromatic rings. The molecule has 0 radical (unpaired) electrons. The molecule has 39 heavy (non-hydrogen) atoms. The topological polar surface area (TPSA) is 116 Å². The van der Waals surface area contributed by atoms with Crippen LogP contribution in [0.1, 0.15) is 43.1 Å². The molecule has 0 aliphatic carbocycles. The number of nitrogen functional groups attached to an aromatic ring is 1. The molecule has 3 N–H and O–H groups in total. The van der Waals surface area contributed by atoms with Crippen LogP contribution >= 0.6 is 15.9 Å². The number of halogens is 3. The molecule has 9 nitrogen and oxygen atoms in total. The van der Waals surface area contributed by atoms with Crippen molar-refractivity contribution < 1.29 is 27.8 Å². The van der Waals surface area contributed by atoms with Gasteiger partial charge in [0.15, 0.2) is 0 Å². The maximum Gasteiger partial charge on any atom is 0.343 e. The fourth-order valence-corrected chi connectivity index (χ4v) is 5.36. The van der Waals surface area contributed by atoms with Gasteiger partial charge in [-0.15, -0.1) is 0 Å². The molecule has 2 heterocycles. The quantitative estimate of drug-likeness (QED) is 0.277. The normalized spacial score (nSPS) is 13.4. The summed E-state index contributed by atoms with van der Waals surface area (Å²) in [4.78, 5) is 39.5. The number of nitrogens with one attached hydrogen (secondary N) is 1. The number of hydrogen-bond acceptors (Lipinski definition) is 8. The van der Waals surface area contributed by atoms with E-state index in [1.54, 1.807) is 6.92 Å². The lowest BCUT2D eigenvalue weighted by atomic mass is 10.0. The Hall–Kier alpha value is -3.51. The maximum absolute atomic E-state index is 15.5. The lowest BCUT2D eigenvalue weighted by Gasteiger charge is -2.42. The highest BCUT2D eigenvalue weighted by Crippen LogP contribution is 2.39. The van der Waals surface area contributed by atoms with Crippen molar-refractivity contribution in [3.8, 4) is 5.69 Å². The molecule has 0 saturated carbocycles. The van der Waals surface area contributed by atoms with E-state index in [4.69, 9.17) is 15.2 Å². The smallest absolute Gasteiger partial charge is 0.343 e. The minimum atomic E-state index is -0.900. The average molecular weight is 607 g/mol. The summed E-state index contributed by atoms with van der Waals surface area (Å²) in [6.45, 7) is 6.50. The number of fused-ring (bicyclic) bond motifs is 1. The summed E-state index contributed by atoms with van der Waals surface area (Å²) in [5, 5.41) is 3.29. The van der Waals surface area contributed by atoms with Crippen molar-refractivity contribution in [1.82, 2.24) is 9.88 Å². The van der Waals surface area contributed by atoms with Crippen molar-refractivity contribution in [2.75, 3.05) is 36.9 Å². The first-order valence-corrected chi connectivity index (χ1v) is 13.3. The molecule has 0 spiro atoms. The molecule has 1 saturated heterocycles. The van der Waals surface area contributed by atoms with Crippen LogP contribution in [0.15, 0.2) is 33.7 Å². The fraction of sp³-hybridized carbons (Fsp3) is 0.370. The molecule has 0 unspecified atom stereocenters. The molecule has 4 rings (SSSR count). The van der Waals surface area contributed by atoms with Crippen LogP contribution in [0.25, 0.3) is 16.6 Å². The van der Waals surface area contributed by atoms with E-state index in [2.05, 4.69) is 28.2 Å². The Morgan fingerprint density at radius 2 is 1.87 bits per heavy atom. The molecule has 208 valence electrons. The van der Waals surface area contributed by atoms with Gasteiger partial charge in [0.1, 0.15) is 23.8 Å². The van der Waals surface area contributed by atoms with Gasteiger partial charge in [-0.1, -0.05) is 6.92 Å². The third-order valence-electron chi connectivity index (χ3n) is 6.42. The van der Waals surface area contributed by atoms with Crippen molar-refractivity contribution >= 4 is 50.1 Å². The molecular formula is C27H29BrF2N4O5. The summed E-state index contributed by atoms with van der Waals surface area (Å²) in [5.41, 5.74) is 5.51. The van der Waals surface area contributed by atoms with E-state index in [9.17, 15) is 18.8 Å². The molecule has 0 bridgehead atoms. The minimum absolute atomic E-state index is 0.0106. The van der Waals surface area contributed by atoms with Crippen molar-refractivity contribution in [2.45, 2.75) is 39.8 Å². The van der Waals surface area contributed by atoms with Crippen LogP contribution in [-0.4, -0.2) is 48.8 Å². The van der Waals surface area contributed by atoms with E-state index < -0.39 is 29.0 Å². The van der Waals surface area contributed by atoms with Gasteiger partial charge in [0.25, 0.3) is 0 Å². The van der Waals surface area contributed by atoms with Crippen LogP contribution in [0.3, 0.4) is 0 Å². The maximum atomic E-state index is 15.5. The number of hydrogen-bond donors (Lipinski definition) is 2. The highest BCUT2D eigenvalue weighted by Gasteiger charge is 2.32. The Bertz CT molecular complexity index is 1500. The number of carbonyl (C=O) groups is 2. The zero-order valence-electron chi connectivity index (χ0n) is 21.8. The van der Waals surface area contributed by atoms with E-state index in [0.29, 0.717) is 13.1 Å². The van der Waals surface area contributed by atoms with E-state index in [1.165, 1.54) is 23.8 Å². The lowest BCUT2D eigenvalue weighted by molar-refractivity contribution is -0.142. The molecule has 1 fully saturated rings. The van der Waals surface area contributed by atoms with Gasteiger partial charge >= 0.3 is 11.9 Å². The second kappa shape index (κ2) is 11.7. The second-order valence-electron chi connectivity index (χ2n) is 9.22. The third-order valence-corrected chi connectivity index (χ3v) is 7.17. The molecule has 1 aliphatic heterocycles. The highest BCUT2D eigenvalue weighted by molar-refractivity contribution is 9.10. The Kier molecular flexibility index (Phi) is 8.55. The minimum Gasteiger partial charge on any atom is -0.462 e. The first kappa shape index (κ1) is 28.5. The summed E-state index contributed by atoms with van der Waals surface area (Å²) < 4.78 is 41.9. The van der Waals surface area contributed by atoms with E-state index in [-0.39, 0.29) is 62.8 Å². The van der Waals surface area contributed by atoms with Gasteiger partial charge in [-0.3, -0.25) is 9.59 Å². The number of nitrogens with two attached hydrogens (primary N) is 1. The monoisotopic (exact) mass is 606 g/mol. The van der Waals surface area contributed by atoms with Crippen molar-refractivity contribution in [1.29, 1.82) is 0 Å². The number of esters is 2. The molecule has 0 atom stereocenters. The molecule has 12 heteroatoms. The average Bonchev–Trinajstić information content (AvgIpc) is 2.85. The number of pyridine rings is 1. The van der Waals surface area contributed by atoms with Crippen LogP contribution < -0.4 is 21.4 Å². The SMILES string of the molecule is CCCNC1CN(c2c(F)cc3c(=O)c(C(=O)OCC)cn(-c4cc(N)c(F)cc4COC(C)=O)c3c2Br)C1. The number of carbonyl (C=O) groups excluding carboxylic acids is 2. The zero-order chi connectivity index (χ0) is 28.4. The summed E-state index contributed by atoms with van der Waals surface area (Å²) in [7, 11) is 0. The largest absolute Gasteiger partial charge is 0.462 e. The van der Waals surface area contributed by atoms with Crippen molar-refractivity contribution in [3.63, 3.8) is 0 Å². The first-order valence-electron chi connectivity index (χ1n) is 12.5. The first-order chi connectivity index (χ1) is 18.6. The van der Waals surface area contributed by atoms with Crippen LogP contribution in [0.5, 0.6) is 0 Å². The lowest BCUT2D eigenvalue weighted by Crippen LogP contribution is -2.58. The third kappa shape index (κ3) is 5.62. The van der Waals surface area contributed by atoms with E-state index in [0.717, 1.165) is 25.1 Å². The molecule has 2 aromatic carbocycles. The van der Waals surface area contributed by atoms with Gasteiger partial charge in [-0.05, 0) is 54.0 Å². The zero-order valence-corrected chi connectivity index (χ0v) is 23.4. The Labute approximate surface area is 232 Å². The van der Waals surface area contributed by atoms with Gasteiger partial charge < -0.3 is 30.0 Å². The Morgan fingerprint density at radius 3 is 2.51 bits per heavy atom. The van der Waals surface area contributed by atoms with Crippen LogP contribution in [0.4, 0.5) is 20.2 Å². The van der Waals surface area contributed by atoms with Gasteiger partial charge in [-0.2, -0.15) is 0 Å². The summed E-state index contributed by atoms with van der Waals surface area (Å²) in [6, 6.07) is 3.69. The van der Waals surface area contributed by atoms with E-state index >= 15 is 4.39 Å². The van der Waals surface area contributed by atoms with Crippen LogP contribution in [0.2, 0.25) is 0 Å². The van der Waals surface area contributed by atoms with Crippen molar-refractivity contribution in [3.05, 3.63) is 61.9 Å². The number of nitrogens with zero attached hydrogens (tertiary/aromatic N) is 2. The number of benzene rings is 2. The predicted octanol–water partition coefficient (Wildman–Crippen LogP) is 4.04. The number of anilines is 2. The standard InChI is InChI=1S/C27H29BrF2N4O5/c1-4-6-32-16-10-33(11-16)25-20(30)8-17-24(23(25)28)34(12-18(26(17)36)27(37)38-5-2)22-9-21(31)19(29)7-15(22)13-39-14(3)35/h7-9,12,16,32H,4-6,10-11,13,31H2,1-3H3. The Morgan fingerprint density at radius 1 is 1.15 bits per heavy atom. The highest BCUT2D eigenvalue weighted by atomic mass is 79.9. The predicted molar refractivity (Wildman–Crippen MR) is 147 cm³/mol. The van der Waals surface area contributed by atoms with Gasteiger partial charge in [-0.25, -0.2) is 13.6 Å². The molecular weight excluding hydrogens is 578 g/mol. The number of ether oxygens (including phenoxy) is 2. The molecule has 0 amide bonds. The second-order valence-corrected chi connectivity index (χ2v) is 10.0. The number of rotatable bonds is 9. The fourth-order valence-electron chi connectivity index (χ4n) is 4.52. The van der Waals surface area contributed by atoms with Gasteiger partial charge in [0.2, 0.25) is 5.43 Å². The van der Waals surface area contributed by atoms with Gasteiger partial charge in [0.05, 0.1) is 39.0 Å². The summed E-state index contributed by atoms with van der Waals surface area (Å²) in [5.74, 6) is -2.88. The summed E-state index contributed by atoms with van der Waals surface area (Å²) >= 11 is 3.51.